The lowest BCUT2D eigenvalue weighted by Gasteiger charge is -2.29. The summed E-state index contributed by atoms with van der Waals surface area (Å²) in [6.07, 6.45) is -4.38. The zero-order valence-corrected chi connectivity index (χ0v) is 8.20. The average Bonchev–Trinajstić information content (AvgIpc) is 2.48. The lowest BCUT2D eigenvalue weighted by Crippen LogP contribution is -2.49. The van der Waals surface area contributed by atoms with Crippen molar-refractivity contribution in [1.82, 2.24) is 5.32 Å². The molecule has 1 N–H and O–H groups in total. The van der Waals surface area contributed by atoms with E-state index in [1.165, 1.54) is 19.2 Å². The zero-order chi connectivity index (χ0) is 11.0. The molecule has 0 bridgehead atoms. The predicted octanol–water partition coefficient (Wildman–Crippen LogP) is 2.58. The molecular weight excluding hydrogens is 195 g/mol. The number of hydrogen-bond acceptors (Lipinski definition) is 2. The number of rotatable bonds is 2. The maximum absolute atomic E-state index is 12.7. The molecule has 80 valence electrons. The predicted molar refractivity (Wildman–Crippen MR) is 45.9 cm³/mol. The highest BCUT2D eigenvalue weighted by atomic mass is 19.4. The summed E-state index contributed by atoms with van der Waals surface area (Å²) in [6, 6.07) is 2.84. The van der Waals surface area contributed by atoms with Crippen molar-refractivity contribution in [2.45, 2.75) is 25.6 Å². The first-order valence-corrected chi connectivity index (χ1v) is 4.14. The van der Waals surface area contributed by atoms with Gasteiger partial charge in [0.05, 0.1) is 0 Å². The van der Waals surface area contributed by atoms with Crippen LogP contribution in [0.4, 0.5) is 13.2 Å². The molecule has 0 saturated heterocycles. The third-order valence-electron chi connectivity index (χ3n) is 2.30. The maximum Gasteiger partial charge on any atom is 0.413 e. The molecule has 1 aromatic rings. The third kappa shape index (κ3) is 1.64. The summed E-state index contributed by atoms with van der Waals surface area (Å²) in [6.45, 7) is 2.65. The fraction of sp³-hybridized carbons (Fsp3) is 0.556. The van der Waals surface area contributed by atoms with E-state index in [0.29, 0.717) is 5.76 Å². The van der Waals surface area contributed by atoms with Gasteiger partial charge in [-0.15, -0.1) is 0 Å². The number of nitrogens with one attached hydrogen (secondary N) is 1. The van der Waals surface area contributed by atoms with Crippen molar-refractivity contribution < 1.29 is 17.6 Å². The van der Waals surface area contributed by atoms with Crippen LogP contribution in [0, 0.1) is 6.92 Å². The molecule has 0 amide bonds. The molecule has 14 heavy (non-hydrogen) atoms. The first-order valence-electron chi connectivity index (χ1n) is 4.14. The molecular formula is C9H12F3NO. The molecule has 1 atom stereocenters. The van der Waals surface area contributed by atoms with Crippen LogP contribution in [0.25, 0.3) is 0 Å². The smallest absolute Gasteiger partial charge is 0.413 e. The number of halogens is 3. The maximum atomic E-state index is 12.7. The largest absolute Gasteiger partial charge is 0.464 e. The molecule has 1 aromatic heterocycles. The quantitative estimate of drug-likeness (QED) is 0.806. The summed E-state index contributed by atoms with van der Waals surface area (Å²) in [5.74, 6) is 0.343. The Labute approximate surface area is 80.1 Å². The first-order chi connectivity index (χ1) is 6.31. The van der Waals surface area contributed by atoms with E-state index in [1.54, 1.807) is 6.92 Å². The van der Waals surface area contributed by atoms with Gasteiger partial charge in [0.15, 0.2) is 5.54 Å². The van der Waals surface area contributed by atoms with Gasteiger partial charge in [0.1, 0.15) is 11.5 Å². The monoisotopic (exact) mass is 207 g/mol. The Morgan fingerprint density at radius 3 is 2.14 bits per heavy atom. The van der Waals surface area contributed by atoms with Gasteiger partial charge in [-0.3, -0.25) is 0 Å². The normalized spacial score (nSPS) is 16.7. The molecule has 1 rings (SSSR count). The van der Waals surface area contributed by atoms with Gasteiger partial charge >= 0.3 is 6.18 Å². The van der Waals surface area contributed by atoms with Crippen molar-refractivity contribution in [1.29, 1.82) is 0 Å². The second-order valence-corrected chi connectivity index (χ2v) is 3.28. The molecule has 1 heterocycles. The van der Waals surface area contributed by atoms with Crippen LogP contribution in [-0.4, -0.2) is 13.2 Å². The van der Waals surface area contributed by atoms with Crippen LogP contribution in [0.3, 0.4) is 0 Å². The van der Waals surface area contributed by atoms with Gasteiger partial charge in [0.25, 0.3) is 0 Å². The van der Waals surface area contributed by atoms with Gasteiger partial charge in [0, 0.05) is 0 Å². The minimum atomic E-state index is -4.38. The Bertz CT molecular complexity index is 318. The molecule has 5 heteroatoms. The first kappa shape index (κ1) is 11.1. The van der Waals surface area contributed by atoms with Gasteiger partial charge in [0.2, 0.25) is 0 Å². The molecule has 0 radical (unpaired) electrons. The van der Waals surface area contributed by atoms with E-state index in [0.717, 1.165) is 6.92 Å². The van der Waals surface area contributed by atoms with E-state index in [1.807, 2.05) is 0 Å². The highest BCUT2D eigenvalue weighted by Crippen LogP contribution is 2.38. The highest BCUT2D eigenvalue weighted by Gasteiger charge is 2.53. The molecule has 0 aliphatic heterocycles. The fourth-order valence-electron chi connectivity index (χ4n) is 1.11. The minimum absolute atomic E-state index is 0.120. The summed E-state index contributed by atoms with van der Waals surface area (Å²) in [4.78, 5) is 0. The van der Waals surface area contributed by atoms with Crippen LogP contribution in [0.2, 0.25) is 0 Å². The minimum Gasteiger partial charge on any atom is -0.464 e. The van der Waals surface area contributed by atoms with Gasteiger partial charge in [-0.25, -0.2) is 0 Å². The van der Waals surface area contributed by atoms with Gasteiger partial charge in [-0.05, 0) is 33.0 Å². The van der Waals surface area contributed by atoms with Crippen LogP contribution in [0.15, 0.2) is 16.5 Å². The van der Waals surface area contributed by atoms with E-state index in [-0.39, 0.29) is 5.76 Å². The fourth-order valence-corrected chi connectivity index (χ4v) is 1.11. The van der Waals surface area contributed by atoms with Crippen LogP contribution < -0.4 is 5.32 Å². The van der Waals surface area contributed by atoms with E-state index in [2.05, 4.69) is 5.32 Å². The Morgan fingerprint density at radius 1 is 1.29 bits per heavy atom. The van der Waals surface area contributed by atoms with Crippen LogP contribution in [0.5, 0.6) is 0 Å². The second-order valence-electron chi connectivity index (χ2n) is 3.28. The van der Waals surface area contributed by atoms with Crippen molar-refractivity contribution in [3.05, 3.63) is 23.7 Å². The Morgan fingerprint density at radius 2 is 1.86 bits per heavy atom. The van der Waals surface area contributed by atoms with Gasteiger partial charge in [-0.2, -0.15) is 13.2 Å². The molecule has 0 aromatic carbocycles. The van der Waals surface area contributed by atoms with E-state index >= 15 is 0 Å². The van der Waals surface area contributed by atoms with Crippen molar-refractivity contribution in [2.24, 2.45) is 0 Å². The number of hydrogen-bond donors (Lipinski definition) is 1. The molecule has 2 nitrogen and oxygen atoms in total. The second kappa shape index (κ2) is 3.31. The topological polar surface area (TPSA) is 25.2 Å². The van der Waals surface area contributed by atoms with Crippen molar-refractivity contribution in [2.75, 3.05) is 7.05 Å². The summed E-state index contributed by atoms with van der Waals surface area (Å²) in [7, 11) is 1.26. The lowest BCUT2D eigenvalue weighted by molar-refractivity contribution is -0.198. The number of alkyl halides is 3. The molecule has 1 unspecified atom stereocenters. The Kier molecular flexibility index (Phi) is 2.63. The van der Waals surface area contributed by atoms with Crippen LogP contribution in [0.1, 0.15) is 18.4 Å². The summed E-state index contributed by atoms with van der Waals surface area (Å²) in [5.41, 5.74) is -2.12. The summed E-state index contributed by atoms with van der Waals surface area (Å²) >= 11 is 0. The zero-order valence-electron chi connectivity index (χ0n) is 8.20. The molecule has 0 aliphatic rings. The summed E-state index contributed by atoms with van der Waals surface area (Å²) < 4.78 is 43.0. The van der Waals surface area contributed by atoms with Crippen molar-refractivity contribution >= 4 is 0 Å². The number of aryl methyl sites for hydroxylation is 1. The molecule has 0 aliphatic carbocycles. The van der Waals surface area contributed by atoms with Crippen LogP contribution >= 0.6 is 0 Å². The Hall–Kier alpha value is -0.970. The molecule has 0 saturated carbocycles. The molecule has 0 spiro atoms. The lowest BCUT2D eigenvalue weighted by atomic mass is 9.99. The average molecular weight is 207 g/mol. The van der Waals surface area contributed by atoms with Crippen molar-refractivity contribution in [3.63, 3.8) is 0 Å². The van der Waals surface area contributed by atoms with Crippen molar-refractivity contribution in [3.8, 4) is 0 Å². The number of furan rings is 1. The van der Waals surface area contributed by atoms with Crippen LogP contribution in [-0.2, 0) is 5.54 Å². The van der Waals surface area contributed by atoms with E-state index in [9.17, 15) is 13.2 Å². The SMILES string of the molecule is CNC(C)(c1ccc(C)o1)C(F)(F)F. The van der Waals surface area contributed by atoms with E-state index in [4.69, 9.17) is 4.42 Å². The Balaban J connectivity index is 3.14. The summed E-state index contributed by atoms with van der Waals surface area (Å²) in [5, 5.41) is 2.23. The molecule has 0 fully saturated rings. The third-order valence-corrected chi connectivity index (χ3v) is 2.30. The van der Waals surface area contributed by atoms with E-state index < -0.39 is 11.7 Å². The highest BCUT2D eigenvalue weighted by molar-refractivity contribution is 5.17. The standard InChI is InChI=1S/C9H12F3NO/c1-6-4-5-7(14-6)8(2,13-3)9(10,11)12/h4-5,13H,1-3H3. The van der Waals surface area contributed by atoms with Gasteiger partial charge in [-0.1, -0.05) is 0 Å². The van der Waals surface area contributed by atoms with Gasteiger partial charge < -0.3 is 9.73 Å².